The number of halogens is 1. The van der Waals surface area contributed by atoms with Gasteiger partial charge >= 0.3 is 0 Å². The first-order valence-electron chi connectivity index (χ1n) is 5.94. The molecule has 2 rings (SSSR count). The minimum atomic E-state index is -0.290. The van der Waals surface area contributed by atoms with Gasteiger partial charge in [-0.25, -0.2) is 4.39 Å². The molecule has 1 unspecified atom stereocenters. The van der Waals surface area contributed by atoms with Gasteiger partial charge in [0.05, 0.1) is 5.69 Å². The average molecular weight is 252 g/mol. The SMILES string of the molecule is CC(Nc1ccc(C(N)=S)cc1F)C1CCC1. The van der Waals surface area contributed by atoms with Crippen LogP contribution in [0.4, 0.5) is 10.1 Å². The maximum atomic E-state index is 13.8. The molecule has 0 saturated heterocycles. The fraction of sp³-hybridized carbons (Fsp3) is 0.462. The highest BCUT2D eigenvalue weighted by atomic mass is 32.1. The first-order chi connectivity index (χ1) is 8.08. The van der Waals surface area contributed by atoms with Crippen molar-refractivity contribution in [1.82, 2.24) is 0 Å². The highest BCUT2D eigenvalue weighted by Gasteiger charge is 2.24. The lowest BCUT2D eigenvalue weighted by Crippen LogP contribution is -2.31. The second kappa shape index (κ2) is 5.00. The maximum Gasteiger partial charge on any atom is 0.146 e. The Bertz CT molecular complexity index is 429. The number of thiocarbonyl (C=S) groups is 1. The lowest BCUT2D eigenvalue weighted by Gasteiger charge is -2.32. The fourth-order valence-corrected chi connectivity index (χ4v) is 2.22. The van der Waals surface area contributed by atoms with Crippen LogP contribution in [0.25, 0.3) is 0 Å². The van der Waals surface area contributed by atoms with Gasteiger partial charge in [0.1, 0.15) is 10.8 Å². The molecule has 1 aliphatic rings. The van der Waals surface area contributed by atoms with Gasteiger partial charge in [-0.3, -0.25) is 0 Å². The molecule has 0 heterocycles. The third-order valence-electron chi connectivity index (χ3n) is 3.49. The summed E-state index contributed by atoms with van der Waals surface area (Å²) in [6, 6.07) is 5.16. The lowest BCUT2D eigenvalue weighted by atomic mass is 9.80. The van der Waals surface area contributed by atoms with Crippen molar-refractivity contribution >= 4 is 22.9 Å². The van der Waals surface area contributed by atoms with Crippen LogP contribution in [0.1, 0.15) is 31.7 Å². The van der Waals surface area contributed by atoms with Gasteiger partial charge in [-0.05, 0) is 43.9 Å². The summed E-state index contributed by atoms with van der Waals surface area (Å²) in [6.45, 7) is 2.10. The molecule has 1 aromatic rings. The van der Waals surface area contributed by atoms with Gasteiger partial charge in [0.25, 0.3) is 0 Å². The third kappa shape index (κ3) is 2.75. The Labute approximate surface area is 106 Å². The van der Waals surface area contributed by atoms with Gasteiger partial charge < -0.3 is 11.1 Å². The summed E-state index contributed by atoms with van der Waals surface area (Å²) in [5, 5.41) is 3.22. The predicted octanol–water partition coefficient (Wildman–Crippen LogP) is 3.06. The molecule has 0 radical (unpaired) electrons. The molecule has 1 aliphatic carbocycles. The second-order valence-corrected chi connectivity index (χ2v) is 5.12. The number of nitrogens with one attached hydrogen (secondary N) is 1. The molecule has 0 amide bonds. The van der Waals surface area contributed by atoms with Crippen LogP contribution in [0.3, 0.4) is 0 Å². The van der Waals surface area contributed by atoms with E-state index < -0.39 is 0 Å². The van der Waals surface area contributed by atoms with E-state index in [4.69, 9.17) is 18.0 Å². The zero-order chi connectivity index (χ0) is 12.4. The Kier molecular flexibility index (Phi) is 3.62. The molecule has 3 N–H and O–H groups in total. The Morgan fingerprint density at radius 2 is 2.24 bits per heavy atom. The summed E-state index contributed by atoms with van der Waals surface area (Å²) in [7, 11) is 0. The van der Waals surface area contributed by atoms with Crippen LogP contribution in [-0.4, -0.2) is 11.0 Å². The van der Waals surface area contributed by atoms with Crippen molar-refractivity contribution in [1.29, 1.82) is 0 Å². The molecule has 1 fully saturated rings. The summed E-state index contributed by atoms with van der Waals surface area (Å²) in [4.78, 5) is 0.225. The first-order valence-corrected chi connectivity index (χ1v) is 6.34. The highest BCUT2D eigenvalue weighted by Crippen LogP contribution is 2.31. The molecule has 1 aromatic carbocycles. The topological polar surface area (TPSA) is 38.0 Å². The fourth-order valence-electron chi connectivity index (χ4n) is 2.09. The monoisotopic (exact) mass is 252 g/mol. The van der Waals surface area contributed by atoms with Crippen molar-refractivity contribution in [3.05, 3.63) is 29.6 Å². The molecule has 4 heteroatoms. The quantitative estimate of drug-likeness (QED) is 0.809. The van der Waals surface area contributed by atoms with Gasteiger partial charge in [-0.15, -0.1) is 0 Å². The van der Waals surface area contributed by atoms with Crippen LogP contribution in [0.2, 0.25) is 0 Å². The lowest BCUT2D eigenvalue weighted by molar-refractivity contribution is 0.285. The molecular formula is C13H17FN2S. The molecular weight excluding hydrogens is 235 g/mol. The highest BCUT2D eigenvalue weighted by molar-refractivity contribution is 7.80. The minimum Gasteiger partial charge on any atom is -0.389 e. The molecule has 0 aromatic heterocycles. The van der Waals surface area contributed by atoms with E-state index in [0.717, 1.165) is 0 Å². The molecule has 2 nitrogen and oxygen atoms in total. The number of hydrogen-bond acceptors (Lipinski definition) is 2. The van der Waals surface area contributed by atoms with E-state index in [1.807, 2.05) is 0 Å². The normalized spacial score (nSPS) is 17.3. The number of anilines is 1. The predicted molar refractivity (Wildman–Crippen MR) is 72.7 cm³/mol. The zero-order valence-corrected chi connectivity index (χ0v) is 10.7. The average Bonchev–Trinajstić information content (AvgIpc) is 2.18. The van der Waals surface area contributed by atoms with Crippen molar-refractivity contribution in [3.8, 4) is 0 Å². The van der Waals surface area contributed by atoms with E-state index in [0.29, 0.717) is 23.2 Å². The minimum absolute atomic E-state index is 0.225. The van der Waals surface area contributed by atoms with E-state index in [1.165, 1.54) is 25.3 Å². The second-order valence-electron chi connectivity index (χ2n) is 4.68. The zero-order valence-electron chi connectivity index (χ0n) is 9.87. The summed E-state index contributed by atoms with van der Waals surface area (Å²) in [5.74, 6) is 0.381. The largest absolute Gasteiger partial charge is 0.389 e. The van der Waals surface area contributed by atoms with Crippen molar-refractivity contribution < 1.29 is 4.39 Å². The summed E-state index contributed by atoms with van der Waals surface area (Å²) < 4.78 is 13.8. The number of benzene rings is 1. The molecule has 17 heavy (non-hydrogen) atoms. The van der Waals surface area contributed by atoms with Gasteiger partial charge in [0, 0.05) is 11.6 Å². The Morgan fingerprint density at radius 3 is 2.71 bits per heavy atom. The van der Waals surface area contributed by atoms with Crippen LogP contribution in [0, 0.1) is 11.7 Å². The van der Waals surface area contributed by atoms with Crippen molar-refractivity contribution in [3.63, 3.8) is 0 Å². The van der Waals surface area contributed by atoms with Crippen molar-refractivity contribution in [2.75, 3.05) is 5.32 Å². The van der Waals surface area contributed by atoms with E-state index in [9.17, 15) is 4.39 Å². The maximum absolute atomic E-state index is 13.8. The number of hydrogen-bond donors (Lipinski definition) is 2. The van der Waals surface area contributed by atoms with Crippen LogP contribution in [0.15, 0.2) is 18.2 Å². The van der Waals surface area contributed by atoms with Gasteiger partial charge in [-0.2, -0.15) is 0 Å². The van der Waals surface area contributed by atoms with E-state index in [2.05, 4.69) is 12.2 Å². The molecule has 0 spiro atoms. The summed E-state index contributed by atoms with van der Waals surface area (Å²) >= 11 is 4.81. The molecule has 1 saturated carbocycles. The van der Waals surface area contributed by atoms with Crippen LogP contribution in [0.5, 0.6) is 0 Å². The van der Waals surface area contributed by atoms with Crippen molar-refractivity contribution in [2.45, 2.75) is 32.2 Å². The van der Waals surface area contributed by atoms with Crippen LogP contribution in [-0.2, 0) is 0 Å². The summed E-state index contributed by atoms with van der Waals surface area (Å²) in [5.41, 5.74) is 6.56. The van der Waals surface area contributed by atoms with Crippen molar-refractivity contribution in [2.24, 2.45) is 11.7 Å². The first kappa shape index (κ1) is 12.3. The molecule has 0 bridgehead atoms. The van der Waals surface area contributed by atoms with E-state index in [1.54, 1.807) is 12.1 Å². The van der Waals surface area contributed by atoms with Crippen LogP contribution >= 0.6 is 12.2 Å². The van der Waals surface area contributed by atoms with E-state index in [-0.39, 0.29) is 10.8 Å². The molecule has 0 aliphatic heterocycles. The van der Waals surface area contributed by atoms with Gasteiger partial charge in [0.2, 0.25) is 0 Å². The van der Waals surface area contributed by atoms with E-state index >= 15 is 0 Å². The van der Waals surface area contributed by atoms with Gasteiger partial charge in [-0.1, -0.05) is 18.6 Å². The standard InChI is InChI=1S/C13H17FN2S/c1-8(9-3-2-4-9)16-12-6-5-10(13(15)17)7-11(12)14/h5-9,16H,2-4H2,1H3,(H2,15,17). The Morgan fingerprint density at radius 1 is 1.53 bits per heavy atom. The third-order valence-corrected chi connectivity index (χ3v) is 3.73. The van der Waals surface area contributed by atoms with Crippen LogP contribution < -0.4 is 11.1 Å². The number of nitrogens with two attached hydrogens (primary N) is 1. The Hall–Kier alpha value is -1.16. The number of rotatable bonds is 4. The summed E-state index contributed by atoms with van der Waals surface area (Å²) in [6.07, 6.45) is 3.76. The Balaban J connectivity index is 2.07. The van der Waals surface area contributed by atoms with Gasteiger partial charge in [0.15, 0.2) is 0 Å². The molecule has 92 valence electrons. The smallest absolute Gasteiger partial charge is 0.146 e. The molecule has 1 atom stereocenters.